The van der Waals surface area contributed by atoms with Crippen LogP contribution in [0.2, 0.25) is 0 Å². The van der Waals surface area contributed by atoms with E-state index in [2.05, 4.69) is 27.1 Å². The van der Waals surface area contributed by atoms with Gasteiger partial charge in [0.25, 0.3) is 5.91 Å². The van der Waals surface area contributed by atoms with E-state index >= 15 is 0 Å². The van der Waals surface area contributed by atoms with Crippen LogP contribution in [-0.4, -0.2) is 47.1 Å². The van der Waals surface area contributed by atoms with E-state index in [0.717, 1.165) is 48.6 Å². The molecule has 0 saturated carbocycles. The van der Waals surface area contributed by atoms with Crippen LogP contribution in [0.25, 0.3) is 10.2 Å². The maximum Gasteiger partial charge on any atom is 0.268 e. The third kappa shape index (κ3) is 3.65. The van der Waals surface area contributed by atoms with Crippen molar-refractivity contribution >= 4 is 27.5 Å². The van der Waals surface area contributed by atoms with Gasteiger partial charge in [-0.3, -0.25) is 14.7 Å². The zero-order valence-corrected chi connectivity index (χ0v) is 15.6. The smallest absolute Gasteiger partial charge is 0.268 e. The number of hydrogen-bond acceptors (Lipinski definition) is 5. The summed E-state index contributed by atoms with van der Waals surface area (Å²) in [5.41, 5.74) is 4.03. The highest BCUT2D eigenvalue weighted by atomic mass is 32.1. The van der Waals surface area contributed by atoms with Crippen molar-refractivity contribution < 1.29 is 9.53 Å². The molecule has 0 radical (unpaired) electrons. The summed E-state index contributed by atoms with van der Waals surface area (Å²) >= 11 is 1.74. The molecule has 3 aromatic heterocycles. The molecule has 26 heavy (non-hydrogen) atoms. The second-order valence-corrected chi connectivity index (χ2v) is 7.74. The van der Waals surface area contributed by atoms with Crippen molar-refractivity contribution in [1.82, 2.24) is 20.2 Å². The predicted molar refractivity (Wildman–Crippen MR) is 102 cm³/mol. The van der Waals surface area contributed by atoms with Crippen LogP contribution in [0, 0.1) is 6.92 Å². The van der Waals surface area contributed by atoms with Crippen molar-refractivity contribution in [2.45, 2.75) is 20.0 Å². The molecule has 3 aromatic rings. The molecular weight excluding hydrogens is 348 g/mol. The monoisotopic (exact) mass is 370 g/mol. The number of rotatable bonds is 5. The quantitative estimate of drug-likeness (QED) is 0.724. The number of H-pyrrole nitrogens is 1. The molecule has 2 N–H and O–H groups in total. The van der Waals surface area contributed by atoms with Crippen molar-refractivity contribution in [3.05, 3.63) is 52.3 Å². The SMILES string of the molecule is Cc1sc2cc(C(=O)NCc3ccncc3)[nH]c2c1CN1CCOCC1. The number of fused-ring (bicyclic) bond motifs is 1. The van der Waals surface area contributed by atoms with E-state index in [1.807, 2.05) is 18.2 Å². The van der Waals surface area contributed by atoms with E-state index in [-0.39, 0.29) is 5.91 Å². The second kappa shape index (κ2) is 7.57. The lowest BCUT2D eigenvalue weighted by atomic mass is 10.2. The number of aryl methyl sites for hydroxylation is 1. The fraction of sp³-hybridized carbons (Fsp3) is 0.368. The summed E-state index contributed by atoms with van der Waals surface area (Å²) in [6, 6.07) is 5.76. The lowest BCUT2D eigenvalue weighted by molar-refractivity contribution is 0.0343. The van der Waals surface area contributed by atoms with Crippen LogP contribution >= 0.6 is 11.3 Å². The molecule has 1 amide bonds. The largest absolute Gasteiger partial charge is 0.379 e. The van der Waals surface area contributed by atoms with Gasteiger partial charge < -0.3 is 15.0 Å². The molecule has 1 saturated heterocycles. The second-order valence-electron chi connectivity index (χ2n) is 6.49. The Morgan fingerprint density at radius 1 is 1.35 bits per heavy atom. The van der Waals surface area contributed by atoms with Crippen molar-refractivity contribution in [3.8, 4) is 0 Å². The first-order valence-corrected chi connectivity index (χ1v) is 9.60. The Balaban J connectivity index is 1.49. The number of pyridine rings is 1. The van der Waals surface area contributed by atoms with Crippen LogP contribution in [0.1, 0.15) is 26.5 Å². The molecule has 1 aliphatic rings. The van der Waals surface area contributed by atoms with E-state index in [1.54, 1.807) is 23.7 Å². The van der Waals surface area contributed by atoms with E-state index in [9.17, 15) is 4.79 Å². The third-order valence-corrected chi connectivity index (χ3v) is 5.80. The third-order valence-electron chi connectivity index (χ3n) is 4.70. The number of nitrogens with zero attached hydrogens (tertiary/aromatic N) is 2. The Bertz CT molecular complexity index is 897. The molecule has 1 fully saturated rings. The lowest BCUT2D eigenvalue weighted by Crippen LogP contribution is -2.35. The summed E-state index contributed by atoms with van der Waals surface area (Å²) in [7, 11) is 0. The van der Waals surface area contributed by atoms with E-state index in [1.165, 1.54) is 10.4 Å². The molecule has 1 aliphatic heterocycles. The highest BCUT2D eigenvalue weighted by molar-refractivity contribution is 7.19. The molecule has 0 unspecified atom stereocenters. The normalized spacial score (nSPS) is 15.4. The van der Waals surface area contributed by atoms with Gasteiger partial charge in [-0.15, -0.1) is 11.3 Å². The molecule has 0 spiro atoms. The van der Waals surface area contributed by atoms with Crippen LogP contribution in [-0.2, 0) is 17.8 Å². The molecule has 0 aliphatic carbocycles. The zero-order chi connectivity index (χ0) is 17.9. The lowest BCUT2D eigenvalue weighted by Gasteiger charge is -2.26. The summed E-state index contributed by atoms with van der Waals surface area (Å²) in [5, 5.41) is 2.96. The molecule has 6 nitrogen and oxygen atoms in total. The average Bonchev–Trinajstić information content (AvgIpc) is 3.20. The van der Waals surface area contributed by atoms with Crippen molar-refractivity contribution in [3.63, 3.8) is 0 Å². The van der Waals surface area contributed by atoms with Crippen LogP contribution in [0.3, 0.4) is 0 Å². The van der Waals surface area contributed by atoms with Crippen molar-refractivity contribution in [2.24, 2.45) is 0 Å². The van der Waals surface area contributed by atoms with Gasteiger partial charge in [-0.25, -0.2) is 0 Å². The summed E-state index contributed by atoms with van der Waals surface area (Å²) in [5.74, 6) is -0.0832. The van der Waals surface area contributed by atoms with E-state index in [4.69, 9.17) is 4.74 Å². The summed E-state index contributed by atoms with van der Waals surface area (Å²) in [6.45, 7) is 7.03. The maximum absolute atomic E-state index is 12.5. The summed E-state index contributed by atoms with van der Waals surface area (Å²) in [4.78, 5) is 23.5. The van der Waals surface area contributed by atoms with E-state index in [0.29, 0.717) is 12.2 Å². The van der Waals surface area contributed by atoms with Crippen LogP contribution < -0.4 is 5.32 Å². The summed E-state index contributed by atoms with van der Waals surface area (Å²) in [6.07, 6.45) is 3.46. The topological polar surface area (TPSA) is 70.2 Å². The first kappa shape index (κ1) is 17.2. The van der Waals surface area contributed by atoms with Crippen LogP contribution in [0.15, 0.2) is 30.6 Å². The Hall–Kier alpha value is -2.22. The van der Waals surface area contributed by atoms with Gasteiger partial charge in [0.05, 0.1) is 23.4 Å². The number of carbonyl (C=O) groups excluding carboxylic acids is 1. The Labute approximate surface area is 156 Å². The molecule has 7 heteroatoms. The van der Waals surface area contributed by atoms with Crippen LogP contribution in [0.5, 0.6) is 0 Å². The highest BCUT2D eigenvalue weighted by Gasteiger charge is 2.19. The number of nitrogens with one attached hydrogen (secondary N) is 2. The van der Waals surface area contributed by atoms with Gasteiger partial charge in [0.15, 0.2) is 0 Å². The molecule has 4 heterocycles. The number of aromatic nitrogens is 2. The average molecular weight is 370 g/mol. The van der Waals surface area contributed by atoms with Gasteiger partial charge in [-0.1, -0.05) is 0 Å². The minimum Gasteiger partial charge on any atom is -0.379 e. The highest BCUT2D eigenvalue weighted by Crippen LogP contribution is 2.32. The van der Waals surface area contributed by atoms with Gasteiger partial charge in [0.2, 0.25) is 0 Å². The number of thiophene rings is 1. The number of aromatic amines is 1. The number of amides is 1. The molecule has 0 aromatic carbocycles. The van der Waals surface area contributed by atoms with Gasteiger partial charge in [-0.2, -0.15) is 0 Å². The number of ether oxygens (including phenoxy) is 1. The molecule has 136 valence electrons. The van der Waals surface area contributed by atoms with Gasteiger partial charge in [-0.05, 0) is 30.7 Å². The summed E-state index contributed by atoms with van der Waals surface area (Å²) < 4.78 is 6.57. The maximum atomic E-state index is 12.5. The molecule has 4 rings (SSSR count). The Morgan fingerprint density at radius 2 is 2.12 bits per heavy atom. The standard InChI is InChI=1S/C19H22N4O2S/c1-13-15(12-23-6-8-25-9-7-23)18-17(26-13)10-16(22-18)19(24)21-11-14-2-4-20-5-3-14/h2-5,10,22H,6-9,11-12H2,1H3,(H,21,24). The first-order chi connectivity index (χ1) is 12.7. The van der Waals surface area contributed by atoms with Crippen LogP contribution in [0.4, 0.5) is 0 Å². The molecule has 0 bridgehead atoms. The Morgan fingerprint density at radius 3 is 2.88 bits per heavy atom. The number of carbonyl (C=O) groups is 1. The number of hydrogen-bond donors (Lipinski definition) is 2. The van der Waals surface area contributed by atoms with Crippen molar-refractivity contribution in [2.75, 3.05) is 26.3 Å². The number of morpholine rings is 1. The van der Waals surface area contributed by atoms with Gasteiger partial charge in [0, 0.05) is 49.0 Å². The predicted octanol–water partition coefficient (Wildman–Crippen LogP) is 2.70. The minimum atomic E-state index is -0.0832. The first-order valence-electron chi connectivity index (χ1n) is 8.79. The van der Waals surface area contributed by atoms with Gasteiger partial charge in [0.1, 0.15) is 5.69 Å². The van der Waals surface area contributed by atoms with Crippen molar-refractivity contribution in [1.29, 1.82) is 0 Å². The minimum absolute atomic E-state index is 0.0832. The molecule has 0 atom stereocenters. The zero-order valence-electron chi connectivity index (χ0n) is 14.7. The fourth-order valence-corrected chi connectivity index (χ4v) is 4.29. The van der Waals surface area contributed by atoms with Gasteiger partial charge >= 0.3 is 0 Å². The molecular formula is C19H22N4O2S. The van der Waals surface area contributed by atoms with E-state index < -0.39 is 0 Å². The Kier molecular flexibility index (Phi) is 5.01. The fourth-order valence-electron chi connectivity index (χ4n) is 3.22.